The topological polar surface area (TPSA) is 178 Å². The first-order valence-corrected chi connectivity index (χ1v) is 23.6. The molecule has 5 aliphatic rings. The molecule has 7 heterocycles. The molecule has 0 spiro atoms. The Bertz CT molecular complexity index is 2530. The molecule has 64 heavy (non-hydrogen) atoms. The molecular weight excluding hydrogens is 805 g/mol. The molecule has 332 valence electrons. The van der Waals surface area contributed by atoms with E-state index >= 15 is 0 Å². The average molecular weight is 863 g/mol. The summed E-state index contributed by atoms with van der Waals surface area (Å²) in [6.45, 7) is 5.87. The van der Waals surface area contributed by atoms with Crippen LogP contribution in [0.5, 0.6) is 0 Å². The predicted octanol–water partition coefficient (Wildman–Crippen LogP) is 6.77. The number of amides is 3. The number of imide groups is 1. The predicted molar refractivity (Wildman–Crippen MR) is 243 cm³/mol. The van der Waals surface area contributed by atoms with E-state index < -0.39 is 0 Å². The fraction of sp³-hybridized carbons (Fsp3) is 0.510. The van der Waals surface area contributed by atoms with Crippen molar-refractivity contribution in [3.05, 3.63) is 78.5 Å². The van der Waals surface area contributed by atoms with Crippen molar-refractivity contribution in [2.75, 3.05) is 36.4 Å². The molecule has 0 radical (unpaired) electrons. The molecule has 0 unspecified atom stereocenters. The number of carbonyl (C=O) groups is 3. The van der Waals surface area contributed by atoms with Gasteiger partial charge in [-0.25, -0.2) is 14.5 Å². The molecule has 1 atom stereocenters. The fourth-order valence-corrected chi connectivity index (χ4v) is 10.8. The third kappa shape index (κ3) is 8.35. The lowest BCUT2D eigenvalue weighted by Crippen LogP contribution is -2.52. The molecule has 15 heteroatoms. The van der Waals surface area contributed by atoms with Crippen LogP contribution in [0.15, 0.2) is 67.4 Å². The normalized spacial score (nSPS) is 23.3. The summed E-state index contributed by atoms with van der Waals surface area (Å²) in [7, 11) is 0. The van der Waals surface area contributed by atoms with Gasteiger partial charge in [-0.2, -0.15) is 15.5 Å². The van der Waals surface area contributed by atoms with E-state index in [1.54, 1.807) is 10.7 Å². The van der Waals surface area contributed by atoms with E-state index in [1.165, 1.54) is 12.0 Å². The Morgan fingerprint density at radius 2 is 1.62 bits per heavy atom. The quantitative estimate of drug-likeness (QED) is 0.119. The van der Waals surface area contributed by atoms with Gasteiger partial charge in [-0.3, -0.25) is 24.4 Å². The number of carbonyl (C=O) groups excluding carboxylic acids is 3. The molecule has 5 aromatic rings. The van der Waals surface area contributed by atoms with E-state index in [1.807, 2.05) is 30.7 Å². The Balaban J connectivity index is 0.752. The second-order valence-electron chi connectivity index (χ2n) is 18.8. The van der Waals surface area contributed by atoms with Gasteiger partial charge in [0.25, 0.3) is 0 Å². The van der Waals surface area contributed by atoms with Gasteiger partial charge in [0.2, 0.25) is 17.7 Å². The Morgan fingerprint density at radius 3 is 2.30 bits per heavy atom. The number of anilines is 2. The number of piperidine rings is 3. The molecule has 5 fully saturated rings. The van der Waals surface area contributed by atoms with Crippen molar-refractivity contribution in [2.45, 2.75) is 127 Å². The monoisotopic (exact) mass is 862 g/mol. The third-order valence-corrected chi connectivity index (χ3v) is 15.2. The van der Waals surface area contributed by atoms with E-state index in [0.29, 0.717) is 53.7 Å². The van der Waals surface area contributed by atoms with E-state index in [0.717, 1.165) is 125 Å². The molecule has 2 aliphatic carbocycles. The van der Waals surface area contributed by atoms with Crippen molar-refractivity contribution < 1.29 is 14.4 Å². The number of nitrogens with one attached hydrogen (secondary N) is 3. The molecule has 3 aliphatic heterocycles. The van der Waals surface area contributed by atoms with Crippen LogP contribution in [0.25, 0.3) is 28.0 Å². The Hall–Kier alpha value is -6.14. The van der Waals surface area contributed by atoms with Gasteiger partial charge in [-0.05, 0) is 132 Å². The Labute approximate surface area is 374 Å². The van der Waals surface area contributed by atoms with E-state index in [2.05, 4.69) is 79.0 Å². The number of hydrogen-bond donors (Lipinski definition) is 3. The minimum atomic E-state index is -0.374. The number of aromatic nitrogens is 6. The summed E-state index contributed by atoms with van der Waals surface area (Å²) in [5.41, 5.74) is 6.13. The van der Waals surface area contributed by atoms with Gasteiger partial charge in [0.05, 0.1) is 41.4 Å². The number of benzene rings is 1. The lowest BCUT2D eigenvalue weighted by Gasteiger charge is -2.42. The van der Waals surface area contributed by atoms with E-state index in [9.17, 15) is 19.6 Å². The first-order chi connectivity index (χ1) is 31.3. The number of rotatable bonds is 11. The zero-order valence-corrected chi connectivity index (χ0v) is 36.7. The number of nitrogens with zero attached hydrogens (tertiary/aromatic N) is 9. The van der Waals surface area contributed by atoms with Crippen molar-refractivity contribution in [3.63, 3.8) is 0 Å². The number of pyridine rings is 1. The van der Waals surface area contributed by atoms with Gasteiger partial charge in [-0.15, -0.1) is 0 Å². The van der Waals surface area contributed by atoms with Crippen molar-refractivity contribution in [3.8, 4) is 28.6 Å². The molecule has 2 saturated carbocycles. The average Bonchev–Trinajstić information content (AvgIpc) is 4.00. The highest BCUT2D eigenvalue weighted by molar-refractivity contribution is 6.01. The molecule has 3 amide bonds. The first-order valence-electron chi connectivity index (χ1n) is 23.6. The number of nitriles is 1. The summed E-state index contributed by atoms with van der Waals surface area (Å²) in [4.78, 5) is 52.0. The number of hydrogen-bond acceptors (Lipinski definition) is 11. The van der Waals surface area contributed by atoms with Crippen molar-refractivity contribution in [2.24, 2.45) is 5.41 Å². The third-order valence-electron chi connectivity index (χ3n) is 15.2. The number of fused-ring (bicyclic) bond motifs is 1. The van der Waals surface area contributed by atoms with Crippen LogP contribution in [-0.2, 0) is 14.4 Å². The minimum absolute atomic E-state index is 0.201. The second-order valence-corrected chi connectivity index (χ2v) is 18.8. The first kappa shape index (κ1) is 41.8. The van der Waals surface area contributed by atoms with Crippen LogP contribution in [0.2, 0.25) is 0 Å². The highest BCUT2D eigenvalue weighted by atomic mass is 16.2. The summed E-state index contributed by atoms with van der Waals surface area (Å²) in [6.07, 6.45) is 22.7. The molecule has 3 saturated heterocycles. The molecule has 0 bridgehead atoms. The van der Waals surface area contributed by atoms with Gasteiger partial charge in [0.15, 0.2) is 0 Å². The van der Waals surface area contributed by atoms with E-state index in [-0.39, 0.29) is 29.2 Å². The highest BCUT2D eigenvalue weighted by Gasteiger charge is 2.41. The van der Waals surface area contributed by atoms with Crippen LogP contribution in [0.1, 0.15) is 120 Å². The van der Waals surface area contributed by atoms with Crippen LogP contribution in [0.3, 0.4) is 0 Å². The fourth-order valence-electron chi connectivity index (χ4n) is 10.8. The van der Waals surface area contributed by atoms with Crippen LogP contribution in [0.4, 0.5) is 11.5 Å². The largest absolute Gasteiger partial charge is 0.374 e. The van der Waals surface area contributed by atoms with Gasteiger partial charge in [0.1, 0.15) is 29.0 Å². The summed E-state index contributed by atoms with van der Waals surface area (Å²) in [5.74, 6) is 1.17. The molecule has 15 nitrogen and oxygen atoms in total. The van der Waals surface area contributed by atoms with Crippen LogP contribution in [-0.4, -0.2) is 96.3 Å². The zero-order chi connectivity index (χ0) is 43.8. The van der Waals surface area contributed by atoms with Crippen LogP contribution in [0, 0.1) is 16.7 Å². The zero-order valence-electron chi connectivity index (χ0n) is 36.7. The van der Waals surface area contributed by atoms with Gasteiger partial charge < -0.3 is 20.4 Å². The van der Waals surface area contributed by atoms with Gasteiger partial charge in [-0.1, -0.05) is 19.1 Å². The summed E-state index contributed by atoms with van der Waals surface area (Å²) in [5, 5.41) is 28.4. The maximum atomic E-state index is 13.3. The summed E-state index contributed by atoms with van der Waals surface area (Å²) in [6, 6.07) is 15.7. The lowest BCUT2D eigenvalue weighted by molar-refractivity contribution is -0.134. The van der Waals surface area contributed by atoms with E-state index in [4.69, 9.17) is 15.1 Å². The smallest absolute Gasteiger partial charge is 0.249 e. The summed E-state index contributed by atoms with van der Waals surface area (Å²) >= 11 is 0. The van der Waals surface area contributed by atoms with Crippen molar-refractivity contribution in [1.82, 2.24) is 44.9 Å². The minimum Gasteiger partial charge on any atom is -0.374 e. The highest BCUT2D eigenvalue weighted by Crippen LogP contribution is 2.39. The maximum absolute atomic E-state index is 13.3. The SMILES string of the molecule is CCC1(C(=O)NC2CCC2)CCN(c2ccc(-c3nc(-c4cnn(C5CCC(N6CCC(c7ccc(N[C@H]8CCC(=O)NC8=O)cc7)CC6)CC5)c4)cn4ncc(C#N)c34)cn2)CC1. The number of likely N-dealkylation sites (tertiary alicyclic amines) is 1. The lowest BCUT2D eigenvalue weighted by atomic mass is 9.74. The maximum Gasteiger partial charge on any atom is 0.249 e. The summed E-state index contributed by atoms with van der Waals surface area (Å²) < 4.78 is 3.86. The molecule has 1 aromatic carbocycles. The Kier molecular flexibility index (Phi) is 11.6. The standard InChI is InChI=1S/C49H58N12O3/c1-2-49(48(64)55-37-4-3-5-37)20-24-59(25-21-49)43-16-8-34(27-51-43)45-46-35(26-50)28-53-61(46)31-42(56-45)36-29-52-60(30-36)40-13-11-39(12-14-40)58-22-18-33(19-23-58)32-6-9-38(10-7-32)54-41-15-17-44(62)57-47(41)63/h6-10,16,27-31,33,37,39-41,54H,2-5,11-15,17-25H2,1H3,(H,55,64)(H,57,62,63)/t39?,40?,41-/m0/s1. The van der Waals surface area contributed by atoms with Crippen LogP contribution < -0.4 is 20.9 Å². The van der Waals surface area contributed by atoms with Crippen molar-refractivity contribution in [1.29, 1.82) is 5.26 Å². The van der Waals surface area contributed by atoms with Gasteiger partial charge in [0, 0.05) is 60.8 Å². The van der Waals surface area contributed by atoms with Gasteiger partial charge >= 0.3 is 0 Å². The van der Waals surface area contributed by atoms with Crippen molar-refractivity contribution >= 4 is 34.7 Å². The Morgan fingerprint density at radius 1 is 0.859 bits per heavy atom. The second kappa shape index (κ2) is 17.8. The molecule has 3 N–H and O–H groups in total. The molecule has 10 rings (SSSR count). The molecular formula is C49H58N12O3. The molecule has 4 aromatic heterocycles. The van der Waals surface area contributed by atoms with Crippen LogP contribution >= 0.6 is 0 Å².